The lowest BCUT2D eigenvalue weighted by atomic mass is 10.1. The number of H-pyrrole nitrogens is 1. The number of aromatic nitrogens is 3. The molecule has 4 N–H and O–H groups in total. The fourth-order valence-corrected chi connectivity index (χ4v) is 3.29. The third kappa shape index (κ3) is 4.06. The van der Waals surface area contributed by atoms with Gasteiger partial charge in [-0.2, -0.15) is 0 Å². The van der Waals surface area contributed by atoms with Crippen molar-refractivity contribution >= 4 is 40.2 Å². The van der Waals surface area contributed by atoms with Crippen molar-refractivity contribution < 1.29 is 9.53 Å². The summed E-state index contributed by atoms with van der Waals surface area (Å²) in [5.41, 5.74) is 11.0. The van der Waals surface area contributed by atoms with E-state index in [1.54, 1.807) is 38.2 Å². The molecule has 8 heteroatoms. The second-order valence-corrected chi connectivity index (χ2v) is 7.45. The van der Waals surface area contributed by atoms with Crippen LogP contribution in [0.4, 0.5) is 16.2 Å². The molecule has 0 aliphatic carbocycles. The van der Waals surface area contributed by atoms with E-state index in [2.05, 4.69) is 20.3 Å². The molecule has 0 aliphatic rings. The predicted molar refractivity (Wildman–Crippen MR) is 119 cm³/mol. The highest BCUT2D eigenvalue weighted by molar-refractivity contribution is 6.33. The van der Waals surface area contributed by atoms with Crippen LogP contribution in [0.25, 0.3) is 33.7 Å². The number of nitrogens with zero attached hydrogens (tertiary/aromatic N) is 2. The Kier molecular flexibility index (Phi) is 5.29. The molecular weight excluding hydrogens is 402 g/mol. The minimum atomic E-state index is -0.533. The van der Waals surface area contributed by atoms with Gasteiger partial charge in [0.25, 0.3) is 0 Å². The average molecular weight is 422 g/mol. The normalized spacial score (nSPS) is 11.1. The number of amides is 1. The lowest BCUT2D eigenvalue weighted by Crippen LogP contribution is -2.17. The van der Waals surface area contributed by atoms with Crippen LogP contribution < -0.4 is 11.1 Å². The summed E-state index contributed by atoms with van der Waals surface area (Å²) in [5, 5.41) is 3.18. The maximum atomic E-state index is 11.9. The summed E-state index contributed by atoms with van der Waals surface area (Å²) < 4.78 is 5.12. The number of nitrogens with one attached hydrogen (secondary N) is 2. The molecule has 4 rings (SSSR count). The van der Waals surface area contributed by atoms with E-state index in [9.17, 15) is 4.79 Å². The molecule has 0 saturated heterocycles. The van der Waals surface area contributed by atoms with E-state index < -0.39 is 6.09 Å². The molecule has 2 aromatic carbocycles. The summed E-state index contributed by atoms with van der Waals surface area (Å²) in [6, 6.07) is 14.7. The van der Waals surface area contributed by atoms with Crippen LogP contribution in [-0.2, 0) is 4.74 Å². The zero-order chi connectivity index (χ0) is 21.3. The average Bonchev–Trinajstić information content (AvgIpc) is 3.12. The number of para-hydroxylation sites is 1. The van der Waals surface area contributed by atoms with Crippen molar-refractivity contribution in [3.8, 4) is 22.5 Å². The number of pyridine rings is 1. The van der Waals surface area contributed by atoms with Crippen LogP contribution in [0, 0.1) is 0 Å². The summed E-state index contributed by atoms with van der Waals surface area (Å²) in [4.78, 5) is 24.1. The number of aromatic amines is 1. The third-order valence-corrected chi connectivity index (χ3v) is 4.75. The SMILES string of the molecule is CC(C)OC(=O)Nc1ccc(Cl)c(-c2nc3ncc(-c4ccccc4N)cc3[nH]2)c1. The second kappa shape index (κ2) is 8.04. The first-order valence-corrected chi connectivity index (χ1v) is 9.76. The third-order valence-electron chi connectivity index (χ3n) is 4.42. The minimum absolute atomic E-state index is 0.217. The Balaban J connectivity index is 1.69. The minimum Gasteiger partial charge on any atom is -0.447 e. The molecule has 2 heterocycles. The van der Waals surface area contributed by atoms with Gasteiger partial charge in [0, 0.05) is 34.3 Å². The number of benzene rings is 2. The number of nitrogens with two attached hydrogens (primary N) is 1. The zero-order valence-electron chi connectivity index (χ0n) is 16.4. The van der Waals surface area contributed by atoms with Crippen LogP contribution in [0.1, 0.15) is 13.8 Å². The van der Waals surface area contributed by atoms with Crippen LogP contribution >= 0.6 is 11.6 Å². The summed E-state index contributed by atoms with van der Waals surface area (Å²) in [6.45, 7) is 3.57. The maximum absolute atomic E-state index is 11.9. The molecule has 7 nitrogen and oxygen atoms in total. The van der Waals surface area contributed by atoms with Gasteiger partial charge in [-0.05, 0) is 44.2 Å². The molecule has 0 fully saturated rings. The number of anilines is 2. The number of rotatable bonds is 4. The molecule has 0 aliphatic heterocycles. The predicted octanol–water partition coefficient (Wildman–Crippen LogP) is 5.48. The van der Waals surface area contributed by atoms with Crippen molar-refractivity contribution in [1.82, 2.24) is 15.0 Å². The number of imidazole rings is 1. The molecule has 0 bridgehead atoms. The topological polar surface area (TPSA) is 106 Å². The standard InChI is InChI=1S/C22H20ClN5O2/c1-12(2)30-22(29)26-14-7-8-17(23)16(10-14)20-27-19-9-13(11-25-21(19)28-20)15-5-3-4-6-18(15)24/h3-12H,24H2,1-2H3,(H,26,29)(H,25,27,28). The lowest BCUT2D eigenvalue weighted by molar-refractivity contribution is 0.130. The molecule has 2 aromatic heterocycles. The van der Waals surface area contributed by atoms with Gasteiger partial charge in [-0.25, -0.2) is 14.8 Å². The van der Waals surface area contributed by atoms with Crippen molar-refractivity contribution in [2.45, 2.75) is 20.0 Å². The van der Waals surface area contributed by atoms with Gasteiger partial charge in [0.1, 0.15) is 5.82 Å². The van der Waals surface area contributed by atoms with E-state index in [1.165, 1.54) is 0 Å². The highest BCUT2D eigenvalue weighted by Crippen LogP contribution is 2.32. The first-order chi connectivity index (χ1) is 14.4. The van der Waals surface area contributed by atoms with Crippen LogP contribution in [0.15, 0.2) is 54.7 Å². The molecule has 0 spiro atoms. The molecule has 30 heavy (non-hydrogen) atoms. The number of hydrogen-bond acceptors (Lipinski definition) is 5. The summed E-state index contributed by atoms with van der Waals surface area (Å²) in [7, 11) is 0. The highest BCUT2D eigenvalue weighted by Gasteiger charge is 2.14. The Morgan fingerprint density at radius 3 is 2.73 bits per heavy atom. The van der Waals surface area contributed by atoms with E-state index in [0.717, 1.165) is 16.6 Å². The van der Waals surface area contributed by atoms with Gasteiger partial charge in [-0.3, -0.25) is 5.32 Å². The Bertz CT molecular complexity index is 1240. The van der Waals surface area contributed by atoms with Crippen LogP contribution in [-0.4, -0.2) is 27.1 Å². The molecular formula is C22H20ClN5O2. The molecule has 0 radical (unpaired) electrons. The molecule has 0 unspecified atom stereocenters. The van der Waals surface area contributed by atoms with E-state index in [0.29, 0.717) is 33.4 Å². The first-order valence-electron chi connectivity index (χ1n) is 9.39. The van der Waals surface area contributed by atoms with Crippen molar-refractivity contribution in [2.24, 2.45) is 0 Å². The van der Waals surface area contributed by atoms with Crippen LogP contribution in [0.3, 0.4) is 0 Å². The van der Waals surface area contributed by atoms with Crippen molar-refractivity contribution in [2.75, 3.05) is 11.1 Å². The first kappa shape index (κ1) is 19.7. The Labute approximate surface area is 178 Å². The van der Waals surface area contributed by atoms with E-state index in [-0.39, 0.29) is 6.10 Å². The largest absolute Gasteiger partial charge is 0.447 e. The summed E-state index contributed by atoms with van der Waals surface area (Å²) in [5.74, 6) is 0.543. The van der Waals surface area contributed by atoms with Gasteiger partial charge in [-0.1, -0.05) is 29.8 Å². The fourth-order valence-electron chi connectivity index (χ4n) is 3.08. The smallest absolute Gasteiger partial charge is 0.411 e. The molecule has 4 aromatic rings. The van der Waals surface area contributed by atoms with Gasteiger partial charge in [0.15, 0.2) is 5.65 Å². The number of carbonyl (C=O) groups excluding carboxylic acids is 1. The second-order valence-electron chi connectivity index (χ2n) is 7.04. The quantitative estimate of drug-likeness (QED) is 0.378. The Hall–Kier alpha value is -3.58. The number of hydrogen-bond donors (Lipinski definition) is 3. The number of nitrogen functional groups attached to an aromatic ring is 1. The van der Waals surface area contributed by atoms with E-state index >= 15 is 0 Å². The van der Waals surface area contributed by atoms with Crippen LogP contribution in [0.5, 0.6) is 0 Å². The number of fused-ring (bicyclic) bond motifs is 1. The molecule has 1 amide bonds. The molecule has 0 saturated carbocycles. The number of carbonyl (C=O) groups is 1. The summed E-state index contributed by atoms with van der Waals surface area (Å²) in [6.07, 6.45) is 0.987. The fraction of sp³-hybridized carbons (Fsp3) is 0.136. The number of ether oxygens (including phenoxy) is 1. The van der Waals surface area contributed by atoms with Crippen LogP contribution in [0.2, 0.25) is 5.02 Å². The van der Waals surface area contributed by atoms with Crippen molar-refractivity contribution in [3.63, 3.8) is 0 Å². The van der Waals surface area contributed by atoms with Gasteiger partial charge in [0.2, 0.25) is 0 Å². The van der Waals surface area contributed by atoms with Crippen molar-refractivity contribution in [1.29, 1.82) is 0 Å². The van der Waals surface area contributed by atoms with Crippen molar-refractivity contribution in [3.05, 3.63) is 59.8 Å². The molecule has 152 valence electrons. The van der Waals surface area contributed by atoms with Gasteiger partial charge >= 0.3 is 6.09 Å². The van der Waals surface area contributed by atoms with Gasteiger partial charge < -0.3 is 15.5 Å². The Morgan fingerprint density at radius 2 is 1.97 bits per heavy atom. The van der Waals surface area contributed by atoms with Gasteiger partial charge in [-0.15, -0.1) is 0 Å². The maximum Gasteiger partial charge on any atom is 0.411 e. The monoisotopic (exact) mass is 421 g/mol. The highest BCUT2D eigenvalue weighted by atomic mass is 35.5. The summed E-state index contributed by atoms with van der Waals surface area (Å²) >= 11 is 6.39. The Morgan fingerprint density at radius 1 is 1.17 bits per heavy atom. The van der Waals surface area contributed by atoms with E-state index in [1.807, 2.05) is 30.3 Å². The number of halogens is 1. The zero-order valence-corrected chi connectivity index (χ0v) is 17.2. The molecule has 0 atom stereocenters. The van der Waals surface area contributed by atoms with Gasteiger partial charge in [0.05, 0.1) is 16.6 Å². The lowest BCUT2D eigenvalue weighted by Gasteiger charge is -2.10. The van der Waals surface area contributed by atoms with E-state index in [4.69, 9.17) is 22.1 Å².